The van der Waals surface area contributed by atoms with Gasteiger partial charge in [-0.25, -0.2) is 0 Å². The minimum atomic E-state index is -1.09. The third-order valence-electron chi connectivity index (χ3n) is 7.13. The summed E-state index contributed by atoms with van der Waals surface area (Å²) in [5.41, 5.74) is 2.45. The van der Waals surface area contributed by atoms with Gasteiger partial charge < -0.3 is 35.8 Å². The molecule has 1 unspecified atom stereocenters. The van der Waals surface area contributed by atoms with E-state index in [0.717, 1.165) is 21.2 Å². The molecule has 1 saturated heterocycles. The molecule has 1 fully saturated rings. The van der Waals surface area contributed by atoms with Gasteiger partial charge in [-0.05, 0) is 48.6 Å². The number of fused-ring (bicyclic) bond motifs is 2. The molecule has 3 amide bonds. The number of carbonyl (C=O) groups is 3. The number of aliphatic hydroxyl groups is 1. The van der Waals surface area contributed by atoms with Crippen LogP contribution in [0.1, 0.15) is 38.3 Å². The van der Waals surface area contributed by atoms with Gasteiger partial charge in [0, 0.05) is 15.9 Å². The number of benzene rings is 3. The summed E-state index contributed by atoms with van der Waals surface area (Å²) in [6, 6.07) is 20.0. The highest BCUT2D eigenvalue weighted by atomic mass is 32.2. The van der Waals surface area contributed by atoms with E-state index in [4.69, 9.17) is 9.47 Å². The van der Waals surface area contributed by atoms with Crippen molar-refractivity contribution in [3.8, 4) is 5.75 Å². The van der Waals surface area contributed by atoms with E-state index in [1.54, 1.807) is 42.1 Å². The number of aliphatic hydroxyl groups excluding tert-OH is 1. The van der Waals surface area contributed by atoms with E-state index in [9.17, 15) is 19.5 Å². The highest BCUT2D eigenvalue weighted by Crippen LogP contribution is 2.45. The molecular weight excluding hydrogens is 568 g/mol. The van der Waals surface area contributed by atoms with Gasteiger partial charge in [0.25, 0.3) is 5.91 Å². The Labute approximate surface area is 254 Å². The lowest BCUT2D eigenvalue weighted by Gasteiger charge is -2.26. The highest BCUT2D eigenvalue weighted by Gasteiger charge is 2.33. The molecule has 0 aliphatic carbocycles. The summed E-state index contributed by atoms with van der Waals surface area (Å²) in [5, 5.41) is 21.7. The van der Waals surface area contributed by atoms with Crippen LogP contribution in [-0.4, -0.2) is 54.4 Å². The molecule has 2 aliphatic rings. The highest BCUT2D eigenvalue weighted by molar-refractivity contribution is 7.99. The van der Waals surface area contributed by atoms with Crippen molar-refractivity contribution in [3.05, 3.63) is 78.4 Å². The molecule has 3 aromatic rings. The molecule has 2 heterocycles. The molecule has 43 heavy (non-hydrogen) atoms. The number of rotatable bonds is 11. The lowest BCUT2D eigenvalue weighted by Crippen LogP contribution is -2.54. The molecule has 226 valence electrons. The fourth-order valence-electron chi connectivity index (χ4n) is 4.96. The van der Waals surface area contributed by atoms with Gasteiger partial charge in [0.1, 0.15) is 17.8 Å². The van der Waals surface area contributed by atoms with Crippen molar-refractivity contribution >= 4 is 40.9 Å². The summed E-state index contributed by atoms with van der Waals surface area (Å²) in [6.07, 6.45) is -0.240. The standard InChI is InChI=1S/C32H36N4O6S/c1-19(2)16-25(30(38)34-23-14-15-41-32(23)40)35-31(39)29(20-8-4-3-5-9-20)36-28(37)18-42-21-12-13-27-24(17-21)33-22-10-6-7-11-26(22)43-27/h3-13,17,19,23,25,29,32-33,40H,14-16,18H2,1-2H3,(H,34,38)(H,35,39)(H,36,37)/t23-,25-,29-,32?/m0/s1. The molecule has 0 spiro atoms. The average Bonchev–Trinajstić information content (AvgIpc) is 3.41. The quantitative estimate of drug-likeness (QED) is 0.174. The number of para-hydroxylation sites is 1. The summed E-state index contributed by atoms with van der Waals surface area (Å²) in [7, 11) is 0. The third-order valence-corrected chi connectivity index (χ3v) is 8.28. The summed E-state index contributed by atoms with van der Waals surface area (Å²) >= 11 is 1.65. The summed E-state index contributed by atoms with van der Waals surface area (Å²) in [6.45, 7) is 3.92. The molecular formula is C32H36N4O6S. The summed E-state index contributed by atoms with van der Waals surface area (Å²) < 4.78 is 10.9. The smallest absolute Gasteiger partial charge is 0.258 e. The average molecular weight is 605 g/mol. The Balaban J connectivity index is 1.24. The Morgan fingerprint density at radius 1 is 0.977 bits per heavy atom. The second-order valence-corrected chi connectivity index (χ2v) is 12.0. The fourth-order valence-corrected chi connectivity index (χ4v) is 5.93. The molecule has 0 aromatic heterocycles. The van der Waals surface area contributed by atoms with E-state index in [-0.39, 0.29) is 12.5 Å². The van der Waals surface area contributed by atoms with Crippen LogP contribution in [0.2, 0.25) is 0 Å². The van der Waals surface area contributed by atoms with Crippen molar-refractivity contribution in [1.82, 2.24) is 16.0 Å². The molecule has 0 radical (unpaired) electrons. The maximum Gasteiger partial charge on any atom is 0.258 e. The monoisotopic (exact) mass is 604 g/mol. The van der Waals surface area contributed by atoms with Crippen LogP contribution in [0.15, 0.2) is 82.6 Å². The molecule has 3 aromatic carbocycles. The zero-order valence-corrected chi connectivity index (χ0v) is 24.9. The predicted octanol–water partition coefficient (Wildman–Crippen LogP) is 3.89. The first-order chi connectivity index (χ1) is 20.8. The maximum absolute atomic E-state index is 13.6. The maximum atomic E-state index is 13.6. The van der Waals surface area contributed by atoms with Gasteiger partial charge in [-0.1, -0.05) is 68.1 Å². The lowest BCUT2D eigenvalue weighted by molar-refractivity contribution is -0.134. The Hall–Kier alpha value is -4.06. The minimum Gasteiger partial charge on any atom is -0.484 e. The van der Waals surface area contributed by atoms with Crippen LogP contribution in [0, 0.1) is 5.92 Å². The number of ether oxygens (including phenoxy) is 2. The molecule has 4 atom stereocenters. The second kappa shape index (κ2) is 13.9. The number of amides is 3. The SMILES string of the molecule is CC(C)C[C@H](NC(=O)[C@@H](NC(=O)COc1ccc2c(c1)Nc1ccccc1S2)c1ccccc1)C(=O)N[C@H]1CCOC1O. The van der Waals surface area contributed by atoms with Crippen LogP contribution in [0.4, 0.5) is 11.4 Å². The van der Waals surface area contributed by atoms with Gasteiger partial charge in [0.15, 0.2) is 12.9 Å². The van der Waals surface area contributed by atoms with Crippen molar-refractivity contribution in [2.24, 2.45) is 5.92 Å². The molecule has 5 rings (SSSR count). The minimum absolute atomic E-state index is 0.0944. The van der Waals surface area contributed by atoms with Crippen LogP contribution >= 0.6 is 11.8 Å². The van der Waals surface area contributed by atoms with Crippen molar-refractivity contribution in [2.75, 3.05) is 18.5 Å². The summed E-state index contributed by atoms with van der Waals surface area (Å²) in [4.78, 5) is 41.9. The van der Waals surface area contributed by atoms with E-state index < -0.39 is 42.1 Å². The van der Waals surface area contributed by atoms with E-state index in [2.05, 4.69) is 27.3 Å². The molecule has 0 saturated carbocycles. The van der Waals surface area contributed by atoms with Gasteiger partial charge >= 0.3 is 0 Å². The lowest BCUT2D eigenvalue weighted by atomic mass is 10.0. The number of anilines is 2. The Morgan fingerprint density at radius 3 is 2.47 bits per heavy atom. The molecule has 10 nitrogen and oxygen atoms in total. The van der Waals surface area contributed by atoms with Crippen molar-refractivity contribution in [3.63, 3.8) is 0 Å². The van der Waals surface area contributed by atoms with Gasteiger partial charge in [-0.3, -0.25) is 14.4 Å². The zero-order valence-electron chi connectivity index (χ0n) is 24.0. The number of hydrogen-bond donors (Lipinski definition) is 5. The largest absolute Gasteiger partial charge is 0.484 e. The first-order valence-electron chi connectivity index (χ1n) is 14.3. The van der Waals surface area contributed by atoms with E-state index in [0.29, 0.717) is 30.8 Å². The van der Waals surface area contributed by atoms with Gasteiger partial charge in [-0.15, -0.1) is 0 Å². The van der Waals surface area contributed by atoms with Gasteiger partial charge in [0.2, 0.25) is 11.8 Å². The first-order valence-corrected chi connectivity index (χ1v) is 15.1. The summed E-state index contributed by atoms with van der Waals surface area (Å²) in [5.74, 6) is -0.839. The van der Waals surface area contributed by atoms with E-state index in [1.807, 2.05) is 50.2 Å². The molecule has 11 heteroatoms. The van der Waals surface area contributed by atoms with Crippen molar-refractivity contribution in [1.29, 1.82) is 0 Å². The topological polar surface area (TPSA) is 138 Å². The molecule has 0 bridgehead atoms. The van der Waals surface area contributed by atoms with E-state index in [1.165, 1.54) is 0 Å². The van der Waals surface area contributed by atoms with Crippen molar-refractivity contribution in [2.45, 2.75) is 60.9 Å². The molecule has 2 aliphatic heterocycles. The van der Waals surface area contributed by atoms with Crippen LogP contribution in [-0.2, 0) is 19.1 Å². The first kappa shape index (κ1) is 30.4. The normalized spacial score (nSPS) is 18.4. The van der Waals surface area contributed by atoms with Crippen LogP contribution in [0.3, 0.4) is 0 Å². The zero-order chi connectivity index (χ0) is 30.3. The van der Waals surface area contributed by atoms with Crippen molar-refractivity contribution < 1.29 is 29.0 Å². The fraction of sp³-hybridized carbons (Fsp3) is 0.344. The Kier molecular flexibility index (Phi) is 9.86. The Morgan fingerprint density at radius 2 is 1.72 bits per heavy atom. The number of nitrogens with one attached hydrogen (secondary N) is 4. The molecule has 5 N–H and O–H groups in total. The van der Waals surface area contributed by atoms with Gasteiger partial charge in [0.05, 0.1) is 24.0 Å². The number of hydrogen-bond acceptors (Lipinski definition) is 8. The predicted molar refractivity (Wildman–Crippen MR) is 163 cm³/mol. The number of carbonyl (C=O) groups excluding carboxylic acids is 3. The van der Waals surface area contributed by atoms with Crippen LogP contribution in [0.5, 0.6) is 5.75 Å². The Bertz CT molecular complexity index is 1450. The van der Waals surface area contributed by atoms with Crippen LogP contribution in [0.25, 0.3) is 0 Å². The third kappa shape index (κ3) is 7.86. The second-order valence-electron chi connectivity index (χ2n) is 10.9. The van der Waals surface area contributed by atoms with Gasteiger partial charge in [-0.2, -0.15) is 0 Å². The van der Waals surface area contributed by atoms with Crippen LogP contribution < -0.4 is 26.0 Å². The van der Waals surface area contributed by atoms with E-state index >= 15 is 0 Å².